The van der Waals surface area contributed by atoms with Crippen molar-refractivity contribution in [2.24, 2.45) is 5.10 Å². The summed E-state index contributed by atoms with van der Waals surface area (Å²) < 4.78 is 0. The SMILES string of the molecule is CC1=C2C=CN(C)N2NN=C1. The molecule has 0 fully saturated rings. The van der Waals surface area contributed by atoms with Gasteiger partial charge in [-0.2, -0.15) is 15.8 Å². The lowest BCUT2D eigenvalue weighted by molar-refractivity contribution is 0.0489. The number of hydrazine groups is 2. The molecule has 4 nitrogen and oxygen atoms in total. The first-order chi connectivity index (χ1) is 5.29. The molecule has 0 unspecified atom stereocenters. The highest BCUT2D eigenvalue weighted by molar-refractivity contribution is 5.80. The van der Waals surface area contributed by atoms with E-state index in [1.54, 1.807) is 0 Å². The van der Waals surface area contributed by atoms with Crippen molar-refractivity contribution in [3.63, 3.8) is 0 Å². The summed E-state index contributed by atoms with van der Waals surface area (Å²) in [6.45, 7) is 2.04. The van der Waals surface area contributed by atoms with Crippen LogP contribution >= 0.6 is 0 Å². The maximum absolute atomic E-state index is 3.96. The van der Waals surface area contributed by atoms with Gasteiger partial charge in [-0.3, -0.25) is 5.01 Å². The van der Waals surface area contributed by atoms with E-state index in [2.05, 4.69) is 10.6 Å². The second-order valence-corrected chi connectivity index (χ2v) is 2.63. The lowest BCUT2D eigenvalue weighted by Gasteiger charge is -2.29. The minimum Gasteiger partial charge on any atom is -0.276 e. The van der Waals surface area contributed by atoms with Crippen LogP contribution in [0.4, 0.5) is 0 Å². The molecule has 0 aliphatic carbocycles. The van der Waals surface area contributed by atoms with Crippen LogP contribution < -0.4 is 5.53 Å². The van der Waals surface area contributed by atoms with Gasteiger partial charge >= 0.3 is 0 Å². The van der Waals surface area contributed by atoms with Gasteiger partial charge in [0.25, 0.3) is 0 Å². The highest BCUT2D eigenvalue weighted by atomic mass is 15.9. The molecule has 2 aliphatic heterocycles. The van der Waals surface area contributed by atoms with E-state index in [1.807, 2.05) is 42.6 Å². The summed E-state index contributed by atoms with van der Waals surface area (Å²) in [5, 5.41) is 7.79. The number of hydrogen-bond acceptors (Lipinski definition) is 4. The molecule has 2 heterocycles. The normalized spacial score (nSPS) is 20.9. The maximum atomic E-state index is 3.96. The summed E-state index contributed by atoms with van der Waals surface area (Å²) in [5.74, 6) is 0. The van der Waals surface area contributed by atoms with Crippen molar-refractivity contribution in [1.82, 2.24) is 15.7 Å². The molecule has 11 heavy (non-hydrogen) atoms. The zero-order valence-corrected chi connectivity index (χ0v) is 6.57. The number of nitrogens with zero attached hydrogens (tertiary/aromatic N) is 3. The van der Waals surface area contributed by atoms with Gasteiger partial charge in [0.1, 0.15) is 0 Å². The molecule has 2 aliphatic rings. The van der Waals surface area contributed by atoms with Gasteiger partial charge in [0, 0.05) is 13.2 Å². The summed E-state index contributed by atoms with van der Waals surface area (Å²) in [5.41, 5.74) is 5.20. The van der Waals surface area contributed by atoms with E-state index in [9.17, 15) is 0 Å². The van der Waals surface area contributed by atoms with Crippen molar-refractivity contribution < 1.29 is 0 Å². The van der Waals surface area contributed by atoms with Crippen LogP contribution in [0.15, 0.2) is 28.6 Å². The molecular weight excluding hydrogens is 140 g/mol. The second-order valence-electron chi connectivity index (χ2n) is 2.63. The Morgan fingerprint density at radius 1 is 1.55 bits per heavy atom. The molecule has 0 radical (unpaired) electrons. The minimum atomic E-state index is 1.16. The quantitative estimate of drug-likeness (QED) is 0.543. The van der Waals surface area contributed by atoms with Crippen molar-refractivity contribution in [3.8, 4) is 0 Å². The molecule has 0 aromatic heterocycles. The largest absolute Gasteiger partial charge is 0.276 e. The summed E-state index contributed by atoms with van der Waals surface area (Å²) >= 11 is 0. The van der Waals surface area contributed by atoms with Gasteiger partial charge in [-0.05, 0) is 18.6 Å². The smallest absolute Gasteiger partial charge is 0.0889 e. The van der Waals surface area contributed by atoms with E-state index in [1.165, 1.54) is 5.57 Å². The van der Waals surface area contributed by atoms with E-state index in [-0.39, 0.29) is 0 Å². The van der Waals surface area contributed by atoms with Crippen molar-refractivity contribution in [2.45, 2.75) is 6.92 Å². The molecule has 0 atom stereocenters. The molecule has 1 N–H and O–H groups in total. The number of fused-ring (bicyclic) bond motifs is 1. The Balaban J connectivity index is 2.39. The standard InChI is InChI=1S/C7H10N4/c1-6-5-8-9-11-7(6)3-4-10(11)2/h3-5,9H,1-2H3. The van der Waals surface area contributed by atoms with Crippen LogP contribution in [0, 0.1) is 0 Å². The number of hydrazone groups is 1. The molecule has 0 bridgehead atoms. The van der Waals surface area contributed by atoms with E-state index in [4.69, 9.17) is 0 Å². The Bertz CT molecular complexity index is 264. The Hall–Kier alpha value is -1.45. The predicted molar refractivity (Wildman–Crippen MR) is 43.1 cm³/mol. The molecule has 0 amide bonds. The fraction of sp³-hybridized carbons (Fsp3) is 0.286. The third-order valence-electron chi connectivity index (χ3n) is 1.81. The van der Waals surface area contributed by atoms with Gasteiger partial charge in [-0.25, -0.2) is 0 Å². The molecule has 2 rings (SSSR count). The molecule has 0 spiro atoms. The molecular formula is C7H10N4. The van der Waals surface area contributed by atoms with Crippen LogP contribution in [0.1, 0.15) is 6.92 Å². The van der Waals surface area contributed by atoms with Gasteiger partial charge in [0.2, 0.25) is 0 Å². The summed E-state index contributed by atoms with van der Waals surface area (Å²) in [6.07, 6.45) is 5.85. The monoisotopic (exact) mass is 150 g/mol. The number of allylic oxidation sites excluding steroid dienone is 2. The van der Waals surface area contributed by atoms with Gasteiger partial charge in [0.05, 0.1) is 11.9 Å². The van der Waals surface area contributed by atoms with Crippen LogP contribution in [0.25, 0.3) is 0 Å². The van der Waals surface area contributed by atoms with Crippen LogP contribution in [0.5, 0.6) is 0 Å². The number of rotatable bonds is 0. The summed E-state index contributed by atoms with van der Waals surface area (Å²) in [7, 11) is 1.96. The first-order valence-corrected chi connectivity index (χ1v) is 3.50. The zero-order chi connectivity index (χ0) is 7.84. The first-order valence-electron chi connectivity index (χ1n) is 3.50. The van der Waals surface area contributed by atoms with Crippen molar-refractivity contribution >= 4 is 6.21 Å². The third-order valence-corrected chi connectivity index (χ3v) is 1.81. The highest BCUT2D eigenvalue weighted by Crippen LogP contribution is 2.19. The van der Waals surface area contributed by atoms with E-state index >= 15 is 0 Å². The van der Waals surface area contributed by atoms with E-state index < -0.39 is 0 Å². The molecule has 58 valence electrons. The lowest BCUT2D eigenvalue weighted by Crippen LogP contribution is -2.41. The predicted octanol–water partition coefficient (Wildman–Crippen LogP) is 0.441. The fourth-order valence-electron chi connectivity index (χ4n) is 1.16. The average Bonchev–Trinajstić information content (AvgIpc) is 2.35. The van der Waals surface area contributed by atoms with Gasteiger partial charge in [-0.1, -0.05) is 0 Å². The Labute approximate surface area is 65.4 Å². The summed E-state index contributed by atoms with van der Waals surface area (Å²) in [4.78, 5) is 0. The molecule has 0 saturated carbocycles. The van der Waals surface area contributed by atoms with Crippen molar-refractivity contribution in [1.29, 1.82) is 0 Å². The molecule has 0 saturated heterocycles. The molecule has 4 heteroatoms. The minimum absolute atomic E-state index is 1.16. The first kappa shape index (κ1) is 6.27. The van der Waals surface area contributed by atoms with Gasteiger partial charge < -0.3 is 0 Å². The van der Waals surface area contributed by atoms with Crippen molar-refractivity contribution in [3.05, 3.63) is 23.5 Å². The zero-order valence-electron chi connectivity index (χ0n) is 6.57. The maximum Gasteiger partial charge on any atom is 0.0889 e. The van der Waals surface area contributed by atoms with Crippen LogP contribution in [0.3, 0.4) is 0 Å². The topological polar surface area (TPSA) is 30.9 Å². The second kappa shape index (κ2) is 2.02. The Morgan fingerprint density at radius 3 is 3.09 bits per heavy atom. The fourth-order valence-corrected chi connectivity index (χ4v) is 1.16. The van der Waals surface area contributed by atoms with Crippen LogP contribution in [0.2, 0.25) is 0 Å². The molecule has 0 aromatic carbocycles. The van der Waals surface area contributed by atoms with Crippen molar-refractivity contribution in [2.75, 3.05) is 7.05 Å². The van der Waals surface area contributed by atoms with Crippen LogP contribution in [-0.4, -0.2) is 23.4 Å². The number of hydrogen-bond donors (Lipinski definition) is 1. The van der Waals surface area contributed by atoms with Gasteiger partial charge in [0.15, 0.2) is 0 Å². The highest BCUT2D eigenvalue weighted by Gasteiger charge is 2.19. The van der Waals surface area contributed by atoms with E-state index in [0.29, 0.717) is 0 Å². The Kier molecular flexibility index (Phi) is 1.15. The Morgan fingerprint density at radius 2 is 2.36 bits per heavy atom. The molecule has 0 aromatic rings. The average molecular weight is 150 g/mol. The number of nitrogens with one attached hydrogen (secondary N) is 1. The van der Waals surface area contributed by atoms with Gasteiger partial charge in [-0.15, -0.1) is 0 Å². The summed E-state index contributed by atoms with van der Waals surface area (Å²) in [6, 6.07) is 0. The van der Waals surface area contributed by atoms with E-state index in [0.717, 1.165) is 5.70 Å². The lowest BCUT2D eigenvalue weighted by atomic mass is 10.2. The van der Waals surface area contributed by atoms with Crippen LogP contribution in [-0.2, 0) is 0 Å². The third kappa shape index (κ3) is 0.790.